The number of amidine groups is 1. The fraction of sp³-hybridized carbons (Fsp3) is 0.667. The van der Waals surface area contributed by atoms with E-state index in [9.17, 15) is 13.2 Å². The Bertz CT molecular complexity index is 327. The van der Waals surface area contributed by atoms with Gasteiger partial charge in [-0.15, -0.1) is 0 Å². The fourth-order valence-electron chi connectivity index (χ4n) is 1.56. The van der Waals surface area contributed by atoms with Crippen molar-refractivity contribution in [2.45, 2.75) is 6.18 Å². The molecule has 0 bridgehead atoms. The van der Waals surface area contributed by atoms with Crippen LogP contribution in [0.2, 0.25) is 0 Å². The van der Waals surface area contributed by atoms with E-state index in [1.54, 1.807) is 0 Å². The lowest BCUT2D eigenvalue weighted by Crippen LogP contribution is -2.35. The van der Waals surface area contributed by atoms with Crippen LogP contribution < -0.4 is 16.4 Å². The number of alkyl halides is 3. The van der Waals surface area contributed by atoms with Crippen LogP contribution in [0.15, 0.2) is 11.4 Å². The summed E-state index contributed by atoms with van der Waals surface area (Å²) in [5.41, 5.74) is 5.20. The van der Waals surface area contributed by atoms with Crippen LogP contribution in [0, 0.1) is 11.3 Å². The van der Waals surface area contributed by atoms with E-state index < -0.39 is 12.1 Å². The molecular weight excluding hydrogens is 237 g/mol. The Labute approximate surface area is 96.7 Å². The molecule has 8 heteroatoms. The van der Waals surface area contributed by atoms with E-state index in [2.05, 4.69) is 10.6 Å². The third-order valence-corrected chi connectivity index (χ3v) is 2.41. The molecule has 0 aliphatic carbocycles. The Hall–Kier alpha value is -1.44. The Morgan fingerprint density at radius 2 is 2.29 bits per heavy atom. The van der Waals surface area contributed by atoms with Crippen molar-refractivity contribution in [1.29, 1.82) is 5.41 Å². The molecule has 0 saturated carbocycles. The first kappa shape index (κ1) is 13.6. The second-order valence-corrected chi connectivity index (χ2v) is 3.60. The van der Waals surface area contributed by atoms with E-state index >= 15 is 0 Å². The van der Waals surface area contributed by atoms with Gasteiger partial charge in [0, 0.05) is 25.8 Å². The van der Waals surface area contributed by atoms with E-state index in [-0.39, 0.29) is 30.3 Å². The molecule has 98 valence electrons. The summed E-state index contributed by atoms with van der Waals surface area (Å²) < 4.78 is 42.7. The van der Waals surface area contributed by atoms with Crippen molar-refractivity contribution < 1.29 is 17.9 Å². The monoisotopic (exact) mass is 252 g/mol. The van der Waals surface area contributed by atoms with Crippen molar-refractivity contribution in [3.63, 3.8) is 0 Å². The standard InChI is InChI=1S/C9H15F3N4O/c1-17-3-2-15-7(13)6-5(9(10,11)12)4-16-8(6)14/h5,16H,2-4,14H2,1H3,(H2,13,15). The minimum atomic E-state index is -4.40. The molecule has 0 saturated heterocycles. The molecule has 0 spiro atoms. The highest BCUT2D eigenvalue weighted by Gasteiger charge is 2.46. The number of rotatable bonds is 4. The third-order valence-electron chi connectivity index (χ3n) is 2.41. The quantitative estimate of drug-likeness (QED) is 0.326. The molecule has 0 fully saturated rings. The first-order valence-electron chi connectivity index (χ1n) is 5.00. The zero-order chi connectivity index (χ0) is 13.1. The number of nitrogens with one attached hydrogen (secondary N) is 3. The van der Waals surface area contributed by atoms with Crippen molar-refractivity contribution in [1.82, 2.24) is 10.6 Å². The summed E-state index contributed by atoms with van der Waals surface area (Å²) in [6.07, 6.45) is -4.40. The van der Waals surface area contributed by atoms with Crippen LogP contribution in [-0.2, 0) is 4.74 Å². The average Bonchev–Trinajstić information content (AvgIpc) is 2.60. The maximum atomic E-state index is 12.7. The molecule has 0 radical (unpaired) electrons. The summed E-state index contributed by atoms with van der Waals surface area (Å²) >= 11 is 0. The van der Waals surface area contributed by atoms with Crippen molar-refractivity contribution >= 4 is 5.84 Å². The van der Waals surface area contributed by atoms with Crippen LogP contribution in [0.4, 0.5) is 13.2 Å². The first-order chi connectivity index (χ1) is 7.88. The maximum Gasteiger partial charge on any atom is 0.397 e. The normalized spacial score (nSPS) is 20.4. The Kier molecular flexibility index (Phi) is 4.22. The van der Waals surface area contributed by atoms with Gasteiger partial charge in [0.25, 0.3) is 0 Å². The lowest BCUT2D eigenvalue weighted by atomic mass is 10.0. The van der Waals surface area contributed by atoms with E-state index in [0.29, 0.717) is 6.61 Å². The van der Waals surface area contributed by atoms with Gasteiger partial charge in [-0.2, -0.15) is 13.2 Å². The van der Waals surface area contributed by atoms with E-state index in [0.717, 1.165) is 0 Å². The Morgan fingerprint density at radius 1 is 1.65 bits per heavy atom. The molecule has 5 nitrogen and oxygen atoms in total. The highest BCUT2D eigenvalue weighted by molar-refractivity contribution is 5.97. The van der Waals surface area contributed by atoms with Gasteiger partial charge in [-0.25, -0.2) is 0 Å². The van der Waals surface area contributed by atoms with Gasteiger partial charge in [0.15, 0.2) is 0 Å². The highest BCUT2D eigenvalue weighted by Crippen LogP contribution is 2.34. The fourth-order valence-corrected chi connectivity index (χ4v) is 1.56. The predicted molar refractivity (Wildman–Crippen MR) is 56.4 cm³/mol. The molecule has 0 amide bonds. The van der Waals surface area contributed by atoms with E-state index in [1.807, 2.05) is 0 Å². The number of methoxy groups -OCH3 is 1. The van der Waals surface area contributed by atoms with Crippen LogP contribution in [0.5, 0.6) is 0 Å². The van der Waals surface area contributed by atoms with Gasteiger partial charge >= 0.3 is 6.18 Å². The predicted octanol–water partition coefficient (Wildman–Crippen LogP) is 0.152. The van der Waals surface area contributed by atoms with Gasteiger partial charge in [0.05, 0.1) is 6.61 Å². The number of hydrogen-bond acceptors (Lipinski definition) is 4. The second-order valence-electron chi connectivity index (χ2n) is 3.60. The number of halogens is 3. The van der Waals surface area contributed by atoms with E-state index in [4.69, 9.17) is 15.9 Å². The largest absolute Gasteiger partial charge is 0.397 e. The van der Waals surface area contributed by atoms with Crippen molar-refractivity contribution in [3.8, 4) is 0 Å². The molecule has 1 heterocycles. The van der Waals surface area contributed by atoms with Crippen molar-refractivity contribution in [2.24, 2.45) is 11.7 Å². The van der Waals surface area contributed by atoms with Gasteiger partial charge < -0.3 is 21.1 Å². The van der Waals surface area contributed by atoms with Gasteiger partial charge in [-0.05, 0) is 0 Å². The summed E-state index contributed by atoms with van der Waals surface area (Å²) in [4.78, 5) is 0. The second kappa shape index (κ2) is 5.26. The van der Waals surface area contributed by atoms with Gasteiger partial charge in [0.2, 0.25) is 0 Å². The van der Waals surface area contributed by atoms with Crippen LogP contribution in [0.1, 0.15) is 0 Å². The van der Waals surface area contributed by atoms with Crippen LogP contribution >= 0.6 is 0 Å². The van der Waals surface area contributed by atoms with Gasteiger partial charge in [-0.1, -0.05) is 0 Å². The Morgan fingerprint density at radius 3 is 2.82 bits per heavy atom. The molecule has 1 atom stereocenters. The molecule has 0 aromatic heterocycles. The average molecular weight is 252 g/mol. The van der Waals surface area contributed by atoms with Crippen LogP contribution in [0.25, 0.3) is 0 Å². The summed E-state index contributed by atoms with van der Waals surface area (Å²) in [5.74, 6) is -2.14. The summed E-state index contributed by atoms with van der Waals surface area (Å²) in [5, 5.41) is 12.5. The van der Waals surface area contributed by atoms with Gasteiger partial charge in [0.1, 0.15) is 17.6 Å². The summed E-state index contributed by atoms with van der Waals surface area (Å²) in [6.45, 7) is 0.245. The molecule has 5 N–H and O–H groups in total. The minimum Gasteiger partial charge on any atom is -0.385 e. The molecule has 0 aromatic rings. The number of ether oxygens (including phenoxy) is 1. The summed E-state index contributed by atoms with van der Waals surface area (Å²) in [7, 11) is 1.47. The molecule has 1 rings (SSSR count). The molecule has 0 aromatic carbocycles. The van der Waals surface area contributed by atoms with Crippen LogP contribution in [-0.4, -0.2) is 38.8 Å². The Balaban J connectivity index is 2.72. The molecular formula is C9H15F3N4O. The first-order valence-corrected chi connectivity index (χ1v) is 5.00. The molecule has 1 aliphatic heterocycles. The SMILES string of the molecule is COCCNC(=N)C1=C(N)NCC1C(F)(F)F. The van der Waals surface area contributed by atoms with Crippen molar-refractivity contribution in [3.05, 3.63) is 11.4 Å². The summed E-state index contributed by atoms with van der Waals surface area (Å²) in [6, 6.07) is 0. The number of hydrogen-bond donors (Lipinski definition) is 4. The van der Waals surface area contributed by atoms with E-state index in [1.165, 1.54) is 7.11 Å². The lowest BCUT2D eigenvalue weighted by Gasteiger charge is -2.18. The number of nitrogens with two attached hydrogens (primary N) is 1. The highest BCUT2D eigenvalue weighted by atomic mass is 19.4. The third kappa shape index (κ3) is 3.26. The zero-order valence-electron chi connectivity index (χ0n) is 9.32. The van der Waals surface area contributed by atoms with Gasteiger partial charge in [-0.3, -0.25) is 5.41 Å². The molecule has 1 unspecified atom stereocenters. The molecule has 1 aliphatic rings. The smallest absolute Gasteiger partial charge is 0.385 e. The minimum absolute atomic E-state index is 0.0951. The van der Waals surface area contributed by atoms with Crippen molar-refractivity contribution in [2.75, 3.05) is 26.8 Å². The lowest BCUT2D eigenvalue weighted by molar-refractivity contribution is -0.159. The van der Waals surface area contributed by atoms with Crippen LogP contribution in [0.3, 0.4) is 0 Å². The maximum absolute atomic E-state index is 12.7. The zero-order valence-corrected chi connectivity index (χ0v) is 9.32. The molecule has 17 heavy (non-hydrogen) atoms. The topological polar surface area (TPSA) is 83.2 Å².